The number of methoxy groups -OCH3 is 2. The summed E-state index contributed by atoms with van der Waals surface area (Å²) in [5.74, 6) is 2.04. The number of benzene rings is 1. The third-order valence-corrected chi connectivity index (χ3v) is 4.39. The zero-order valence-corrected chi connectivity index (χ0v) is 13.8. The largest absolute Gasteiger partial charge is 0.497 e. The molecule has 2 amide bonds. The molecule has 6 nitrogen and oxygen atoms in total. The predicted octanol–water partition coefficient (Wildman–Crippen LogP) is 1.83. The van der Waals surface area contributed by atoms with Gasteiger partial charge in [0, 0.05) is 37.5 Å². The third kappa shape index (κ3) is 3.85. The van der Waals surface area contributed by atoms with Gasteiger partial charge in [-0.2, -0.15) is 0 Å². The van der Waals surface area contributed by atoms with Crippen LogP contribution < -0.4 is 9.47 Å². The molecule has 0 aromatic heterocycles. The highest BCUT2D eigenvalue weighted by molar-refractivity contribution is 8.13. The first kappa shape index (κ1) is 16.5. The number of carbonyl (C=O) groups is 2. The summed E-state index contributed by atoms with van der Waals surface area (Å²) in [5.41, 5.74) is 0.890. The predicted molar refractivity (Wildman–Crippen MR) is 85.4 cm³/mol. The van der Waals surface area contributed by atoms with E-state index in [1.54, 1.807) is 37.1 Å². The number of likely N-dealkylation sites (N-methyl/N-ethyl adjacent to an activating group) is 1. The second-order valence-electron chi connectivity index (χ2n) is 4.96. The van der Waals surface area contributed by atoms with Gasteiger partial charge in [0.2, 0.25) is 5.91 Å². The van der Waals surface area contributed by atoms with Crippen LogP contribution in [0, 0.1) is 0 Å². The highest BCUT2D eigenvalue weighted by atomic mass is 32.2. The Labute approximate surface area is 134 Å². The molecule has 2 rings (SSSR count). The van der Waals surface area contributed by atoms with Gasteiger partial charge in [-0.25, -0.2) is 0 Å². The van der Waals surface area contributed by atoms with Crippen molar-refractivity contribution in [2.45, 2.75) is 6.54 Å². The van der Waals surface area contributed by atoms with Gasteiger partial charge in [0.15, 0.2) is 0 Å². The lowest BCUT2D eigenvalue weighted by molar-refractivity contribution is -0.130. The van der Waals surface area contributed by atoms with Gasteiger partial charge in [-0.3, -0.25) is 9.59 Å². The van der Waals surface area contributed by atoms with E-state index in [0.29, 0.717) is 24.6 Å². The fourth-order valence-electron chi connectivity index (χ4n) is 2.18. The van der Waals surface area contributed by atoms with Crippen molar-refractivity contribution in [2.75, 3.05) is 40.1 Å². The Balaban J connectivity index is 2.00. The average molecular weight is 324 g/mol. The Bertz CT molecular complexity index is 564. The summed E-state index contributed by atoms with van der Waals surface area (Å²) in [7, 11) is 4.90. The molecule has 0 unspecified atom stereocenters. The molecule has 1 aliphatic heterocycles. The summed E-state index contributed by atoms with van der Waals surface area (Å²) in [4.78, 5) is 27.0. The summed E-state index contributed by atoms with van der Waals surface area (Å²) in [6, 6.07) is 5.49. The molecule has 22 heavy (non-hydrogen) atoms. The molecule has 0 radical (unpaired) electrons. The van der Waals surface area contributed by atoms with Crippen molar-refractivity contribution in [1.82, 2.24) is 9.80 Å². The van der Waals surface area contributed by atoms with Crippen LogP contribution >= 0.6 is 11.8 Å². The molecule has 1 heterocycles. The first-order valence-electron chi connectivity index (χ1n) is 6.91. The first-order valence-corrected chi connectivity index (χ1v) is 7.90. The fraction of sp³-hybridized carbons (Fsp3) is 0.467. The molecule has 0 spiro atoms. The van der Waals surface area contributed by atoms with E-state index in [9.17, 15) is 9.59 Å². The van der Waals surface area contributed by atoms with E-state index in [2.05, 4.69) is 0 Å². The van der Waals surface area contributed by atoms with Crippen LogP contribution in [0.4, 0.5) is 4.79 Å². The molecular formula is C15H20N2O4S. The van der Waals surface area contributed by atoms with Gasteiger partial charge in [-0.05, 0) is 12.1 Å². The number of rotatable bonds is 6. The maximum absolute atomic E-state index is 12.2. The van der Waals surface area contributed by atoms with Crippen LogP contribution in [0.15, 0.2) is 18.2 Å². The Morgan fingerprint density at radius 1 is 1.36 bits per heavy atom. The molecule has 0 saturated carbocycles. The van der Waals surface area contributed by atoms with Gasteiger partial charge in [0.05, 0.1) is 14.2 Å². The maximum atomic E-state index is 12.2. The summed E-state index contributed by atoms with van der Waals surface area (Å²) in [5, 5.41) is -0.0243. The van der Waals surface area contributed by atoms with Crippen molar-refractivity contribution in [1.29, 1.82) is 0 Å². The van der Waals surface area contributed by atoms with Crippen LogP contribution in [0.2, 0.25) is 0 Å². The van der Waals surface area contributed by atoms with Gasteiger partial charge in [-0.1, -0.05) is 11.8 Å². The monoisotopic (exact) mass is 324 g/mol. The van der Waals surface area contributed by atoms with E-state index in [1.165, 1.54) is 11.8 Å². The van der Waals surface area contributed by atoms with Gasteiger partial charge >= 0.3 is 0 Å². The topological polar surface area (TPSA) is 59.1 Å². The molecule has 1 saturated heterocycles. The Morgan fingerprint density at radius 3 is 2.73 bits per heavy atom. The molecule has 7 heteroatoms. The summed E-state index contributed by atoms with van der Waals surface area (Å²) in [6.45, 7) is 1.18. The van der Waals surface area contributed by atoms with Crippen LogP contribution in [-0.2, 0) is 11.3 Å². The Morgan fingerprint density at radius 2 is 2.14 bits per heavy atom. The number of ether oxygens (including phenoxy) is 2. The minimum Gasteiger partial charge on any atom is -0.497 e. The number of hydrogen-bond acceptors (Lipinski definition) is 5. The highest BCUT2D eigenvalue weighted by Crippen LogP contribution is 2.25. The molecule has 1 aliphatic rings. The average Bonchev–Trinajstić information content (AvgIpc) is 2.92. The van der Waals surface area contributed by atoms with E-state index in [0.717, 1.165) is 11.3 Å². The lowest BCUT2D eigenvalue weighted by Gasteiger charge is -2.22. The summed E-state index contributed by atoms with van der Waals surface area (Å²) in [6.07, 6.45) is 0. The molecule has 0 atom stereocenters. The number of carbonyl (C=O) groups excluding carboxylic acids is 2. The van der Waals surface area contributed by atoms with E-state index >= 15 is 0 Å². The normalized spacial score (nSPS) is 14.1. The van der Waals surface area contributed by atoms with Crippen LogP contribution in [0.3, 0.4) is 0 Å². The van der Waals surface area contributed by atoms with Crippen LogP contribution in [-0.4, -0.2) is 61.1 Å². The molecule has 1 fully saturated rings. The number of nitrogens with zero attached hydrogens (tertiary/aromatic N) is 2. The van der Waals surface area contributed by atoms with Crippen LogP contribution in [0.1, 0.15) is 5.56 Å². The van der Waals surface area contributed by atoms with Gasteiger partial charge in [0.25, 0.3) is 5.24 Å². The smallest absolute Gasteiger partial charge is 0.282 e. The minimum absolute atomic E-state index is 0.0243. The van der Waals surface area contributed by atoms with Crippen molar-refractivity contribution in [2.24, 2.45) is 0 Å². The van der Waals surface area contributed by atoms with Crippen LogP contribution in [0.25, 0.3) is 0 Å². The molecular weight excluding hydrogens is 304 g/mol. The molecule has 120 valence electrons. The maximum Gasteiger partial charge on any atom is 0.282 e. The highest BCUT2D eigenvalue weighted by Gasteiger charge is 2.24. The van der Waals surface area contributed by atoms with Crippen molar-refractivity contribution in [3.8, 4) is 11.5 Å². The number of thioether (sulfide) groups is 1. The van der Waals surface area contributed by atoms with Crippen molar-refractivity contribution in [3.05, 3.63) is 23.8 Å². The van der Waals surface area contributed by atoms with Gasteiger partial charge in [0.1, 0.15) is 18.0 Å². The quantitative estimate of drug-likeness (QED) is 0.799. The third-order valence-electron chi connectivity index (χ3n) is 3.50. The molecule has 0 aliphatic carbocycles. The number of amides is 2. The summed E-state index contributed by atoms with van der Waals surface area (Å²) >= 11 is 1.26. The fourth-order valence-corrected chi connectivity index (χ4v) is 3.00. The van der Waals surface area contributed by atoms with Crippen LogP contribution in [0.5, 0.6) is 11.5 Å². The standard InChI is InChI=1S/C15H20N2O4S/c1-16(14(18)10-17-6-7-22-15(17)19)9-11-4-5-12(20-2)8-13(11)21-3/h4-5,8H,6-7,9-10H2,1-3H3. The Kier molecular flexibility index (Phi) is 5.54. The first-order chi connectivity index (χ1) is 10.5. The minimum atomic E-state index is -0.0891. The van der Waals surface area contributed by atoms with Gasteiger partial charge < -0.3 is 19.3 Å². The second kappa shape index (κ2) is 7.40. The zero-order chi connectivity index (χ0) is 16.1. The second-order valence-corrected chi connectivity index (χ2v) is 6.01. The van der Waals surface area contributed by atoms with Crippen molar-refractivity contribution in [3.63, 3.8) is 0 Å². The molecule has 0 bridgehead atoms. The van der Waals surface area contributed by atoms with E-state index in [-0.39, 0.29) is 17.7 Å². The zero-order valence-electron chi connectivity index (χ0n) is 13.0. The van der Waals surface area contributed by atoms with E-state index in [4.69, 9.17) is 9.47 Å². The lowest BCUT2D eigenvalue weighted by atomic mass is 10.1. The summed E-state index contributed by atoms with van der Waals surface area (Å²) < 4.78 is 10.5. The van der Waals surface area contributed by atoms with E-state index in [1.807, 2.05) is 12.1 Å². The molecule has 1 aromatic carbocycles. The van der Waals surface area contributed by atoms with Gasteiger partial charge in [-0.15, -0.1) is 0 Å². The number of hydrogen-bond donors (Lipinski definition) is 0. The molecule has 1 aromatic rings. The van der Waals surface area contributed by atoms with E-state index < -0.39 is 0 Å². The Hall–Kier alpha value is -1.89. The van der Waals surface area contributed by atoms with Crippen molar-refractivity contribution < 1.29 is 19.1 Å². The SMILES string of the molecule is COc1ccc(CN(C)C(=O)CN2CCSC2=O)c(OC)c1. The molecule has 0 N–H and O–H groups in total. The lowest BCUT2D eigenvalue weighted by Crippen LogP contribution is -2.38. The van der Waals surface area contributed by atoms with Crippen molar-refractivity contribution >= 4 is 22.9 Å².